The minimum atomic E-state index is -0.930. The molecule has 0 radical (unpaired) electrons. The summed E-state index contributed by atoms with van der Waals surface area (Å²) in [4.78, 5) is 36.7. The number of piperidine rings is 1. The molecule has 1 saturated heterocycles. The van der Waals surface area contributed by atoms with Crippen molar-refractivity contribution in [3.63, 3.8) is 0 Å². The summed E-state index contributed by atoms with van der Waals surface area (Å²) in [5.41, 5.74) is 5.54. The lowest BCUT2D eigenvalue weighted by molar-refractivity contribution is -0.143. The van der Waals surface area contributed by atoms with E-state index in [-0.39, 0.29) is 34.5 Å². The van der Waals surface area contributed by atoms with Crippen LogP contribution in [0.5, 0.6) is 5.75 Å². The minimum Gasteiger partial charge on any atom is -0.494 e. The quantitative estimate of drug-likeness (QED) is 0.749. The molecule has 3 amide bonds. The van der Waals surface area contributed by atoms with Crippen LogP contribution >= 0.6 is 11.6 Å². The second kappa shape index (κ2) is 7.60. The number of likely N-dealkylation sites (tertiary alicyclic amines) is 1. The highest BCUT2D eigenvalue weighted by atomic mass is 35.5. The van der Waals surface area contributed by atoms with E-state index in [1.165, 1.54) is 24.1 Å². The number of ether oxygens (including phenoxy) is 1. The van der Waals surface area contributed by atoms with Crippen LogP contribution in [0.2, 0.25) is 5.02 Å². The second-order valence-electron chi connectivity index (χ2n) is 6.11. The molecule has 2 unspecified atom stereocenters. The highest BCUT2D eigenvalue weighted by Crippen LogP contribution is 2.33. The smallest absolute Gasteiger partial charge is 0.321 e. The summed E-state index contributed by atoms with van der Waals surface area (Å²) in [6.07, 6.45) is 0.519. The number of halogens is 1. The normalized spacial score (nSPS) is 20.0. The summed E-state index contributed by atoms with van der Waals surface area (Å²) in [5.74, 6) is -2.13. The van der Waals surface area contributed by atoms with E-state index in [1.54, 1.807) is 0 Å². The zero-order valence-corrected chi connectivity index (χ0v) is 14.7. The van der Waals surface area contributed by atoms with Crippen LogP contribution in [0.25, 0.3) is 0 Å². The Labute approximate surface area is 149 Å². The third-order valence-corrected chi connectivity index (χ3v) is 4.28. The fourth-order valence-electron chi connectivity index (χ4n) is 2.98. The SMILES string of the molecule is COc1c(NC(=O)N2CC(C)CC(C(=O)O)C2)cc(Cl)cc1C(N)=O. The van der Waals surface area contributed by atoms with Gasteiger partial charge in [0.05, 0.1) is 24.3 Å². The molecule has 9 heteroatoms. The van der Waals surface area contributed by atoms with Gasteiger partial charge in [-0.1, -0.05) is 18.5 Å². The fourth-order valence-corrected chi connectivity index (χ4v) is 3.20. The summed E-state index contributed by atoms with van der Waals surface area (Å²) in [6.45, 7) is 2.43. The van der Waals surface area contributed by atoms with Crippen LogP contribution in [-0.4, -0.2) is 48.1 Å². The van der Waals surface area contributed by atoms with Crippen molar-refractivity contribution in [3.8, 4) is 5.75 Å². The van der Waals surface area contributed by atoms with Crippen LogP contribution in [0.15, 0.2) is 12.1 Å². The number of hydrogen-bond acceptors (Lipinski definition) is 4. The number of benzene rings is 1. The number of primary amides is 1. The van der Waals surface area contributed by atoms with Gasteiger partial charge in [-0.3, -0.25) is 9.59 Å². The lowest BCUT2D eigenvalue weighted by atomic mass is 9.91. The van der Waals surface area contributed by atoms with Crippen molar-refractivity contribution >= 4 is 35.2 Å². The van der Waals surface area contributed by atoms with Gasteiger partial charge in [0.25, 0.3) is 5.91 Å². The number of nitrogens with one attached hydrogen (secondary N) is 1. The Balaban J connectivity index is 2.25. The molecule has 0 aromatic heterocycles. The molecule has 2 atom stereocenters. The van der Waals surface area contributed by atoms with Gasteiger partial charge in [0.2, 0.25) is 0 Å². The van der Waals surface area contributed by atoms with Crippen molar-refractivity contribution in [2.45, 2.75) is 13.3 Å². The maximum absolute atomic E-state index is 12.5. The number of amides is 3. The lowest BCUT2D eigenvalue weighted by Gasteiger charge is -2.34. The van der Waals surface area contributed by atoms with Crippen LogP contribution in [0.3, 0.4) is 0 Å². The number of hydrogen-bond donors (Lipinski definition) is 3. The molecular weight excluding hydrogens is 350 g/mol. The Bertz CT molecular complexity index is 709. The van der Waals surface area contributed by atoms with Gasteiger partial charge in [-0.25, -0.2) is 4.79 Å². The van der Waals surface area contributed by atoms with Crippen molar-refractivity contribution in [3.05, 3.63) is 22.7 Å². The molecule has 1 aromatic rings. The first-order valence-electron chi connectivity index (χ1n) is 7.69. The molecule has 1 aliphatic rings. The molecule has 136 valence electrons. The van der Waals surface area contributed by atoms with Gasteiger partial charge in [0.1, 0.15) is 0 Å². The number of anilines is 1. The molecule has 0 spiro atoms. The number of rotatable bonds is 4. The summed E-state index contributed by atoms with van der Waals surface area (Å²) in [7, 11) is 1.34. The van der Waals surface area contributed by atoms with Crippen LogP contribution in [-0.2, 0) is 4.79 Å². The number of carboxylic acid groups (broad SMARTS) is 1. The predicted molar refractivity (Wildman–Crippen MR) is 92.0 cm³/mol. The van der Waals surface area contributed by atoms with E-state index in [1.807, 2.05) is 6.92 Å². The van der Waals surface area contributed by atoms with E-state index in [9.17, 15) is 19.5 Å². The van der Waals surface area contributed by atoms with Crippen LogP contribution in [0.4, 0.5) is 10.5 Å². The minimum absolute atomic E-state index is 0.0423. The standard InChI is InChI=1S/C16H20ClN3O5/c1-8-3-9(15(22)23)7-20(6-8)16(24)19-12-5-10(17)4-11(14(18)21)13(12)25-2/h4-5,8-9H,3,6-7H2,1-2H3,(H2,18,21)(H,19,24)(H,22,23). The van der Waals surface area contributed by atoms with Crippen LogP contribution in [0, 0.1) is 11.8 Å². The molecular formula is C16H20ClN3O5. The number of nitrogens with zero attached hydrogens (tertiary/aromatic N) is 1. The van der Waals surface area contributed by atoms with Gasteiger partial charge in [0.15, 0.2) is 5.75 Å². The molecule has 0 aliphatic carbocycles. The number of urea groups is 1. The molecule has 4 N–H and O–H groups in total. The zero-order chi connectivity index (χ0) is 18.7. The number of aliphatic carboxylic acids is 1. The van der Waals surface area contributed by atoms with Gasteiger partial charge in [0, 0.05) is 18.1 Å². The van der Waals surface area contributed by atoms with E-state index in [2.05, 4.69) is 5.32 Å². The highest BCUT2D eigenvalue weighted by Gasteiger charge is 2.32. The maximum Gasteiger partial charge on any atom is 0.321 e. The van der Waals surface area contributed by atoms with E-state index in [0.29, 0.717) is 13.0 Å². The molecule has 0 bridgehead atoms. The molecule has 1 heterocycles. The molecule has 0 saturated carbocycles. The Kier molecular flexibility index (Phi) is 5.73. The number of nitrogens with two attached hydrogens (primary N) is 1. The van der Waals surface area contributed by atoms with E-state index in [0.717, 1.165) is 0 Å². The zero-order valence-electron chi connectivity index (χ0n) is 13.9. The average molecular weight is 370 g/mol. The largest absolute Gasteiger partial charge is 0.494 e. The van der Waals surface area contributed by atoms with Crippen LogP contribution in [0.1, 0.15) is 23.7 Å². The summed E-state index contributed by atoms with van der Waals surface area (Å²) in [5, 5.41) is 12.0. The van der Waals surface area contributed by atoms with Gasteiger partial charge >= 0.3 is 12.0 Å². The van der Waals surface area contributed by atoms with Gasteiger partial charge in [-0.05, 0) is 24.5 Å². The third kappa shape index (κ3) is 4.33. The number of carbonyl (C=O) groups excluding carboxylic acids is 2. The maximum atomic E-state index is 12.5. The highest BCUT2D eigenvalue weighted by molar-refractivity contribution is 6.31. The van der Waals surface area contributed by atoms with Crippen molar-refractivity contribution < 1.29 is 24.2 Å². The van der Waals surface area contributed by atoms with E-state index < -0.39 is 23.8 Å². The number of carboxylic acids is 1. The van der Waals surface area contributed by atoms with E-state index in [4.69, 9.17) is 22.1 Å². The molecule has 8 nitrogen and oxygen atoms in total. The lowest BCUT2D eigenvalue weighted by Crippen LogP contribution is -2.47. The first-order valence-corrected chi connectivity index (χ1v) is 8.06. The van der Waals surface area contributed by atoms with Crippen molar-refractivity contribution in [1.82, 2.24) is 4.90 Å². The van der Waals surface area contributed by atoms with Crippen molar-refractivity contribution in [2.75, 3.05) is 25.5 Å². The molecule has 1 aliphatic heterocycles. The molecule has 2 rings (SSSR count). The summed E-state index contributed by atoms with van der Waals surface area (Å²) >= 11 is 5.97. The van der Waals surface area contributed by atoms with E-state index >= 15 is 0 Å². The molecule has 25 heavy (non-hydrogen) atoms. The first kappa shape index (κ1) is 18.9. The second-order valence-corrected chi connectivity index (χ2v) is 6.55. The Morgan fingerprint density at radius 2 is 2.04 bits per heavy atom. The predicted octanol–water partition coefficient (Wildman–Crippen LogP) is 2.02. The Morgan fingerprint density at radius 3 is 2.60 bits per heavy atom. The Hall–Kier alpha value is -2.48. The van der Waals surface area contributed by atoms with Gasteiger partial charge < -0.3 is 25.8 Å². The summed E-state index contributed by atoms with van der Waals surface area (Å²) in [6, 6.07) is 2.29. The van der Waals surface area contributed by atoms with Crippen molar-refractivity contribution in [2.24, 2.45) is 17.6 Å². The van der Waals surface area contributed by atoms with Crippen molar-refractivity contribution in [1.29, 1.82) is 0 Å². The number of methoxy groups -OCH3 is 1. The monoisotopic (exact) mass is 369 g/mol. The van der Waals surface area contributed by atoms with Gasteiger partial charge in [-0.15, -0.1) is 0 Å². The molecule has 1 aromatic carbocycles. The average Bonchev–Trinajstić information content (AvgIpc) is 2.53. The van der Waals surface area contributed by atoms with Crippen LogP contribution < -0.4 is 15.8 Å². The third-order valence-electron chi connectivity index (χ3n) is 4.06. The molecule has 1 fully saturated rings. The fraction of sp³-hybridized carbons (Fsp3) is 0.438. The Morgan fingerprint density at radius 1 is 1.36 bits per heavy atom. The van der Waals surface area contributed by atoms with Gasteiger partial charge in [-0.2, -0.15) is 0 Å². The summed E-state index contributed by atoms with van der Waals surface area (Å²) < 4.78 is 5.17. The number of carbonyl (C=O) groups is 3. The first-order chi connectivity index (χ1) is 11.7. The topological polar surface area (TPSA) is 122 Å².